The second kappa shape index (κ2) is 10.7. The highest BCUT2D eigenvalue weighted by atomic mass is 32.2. The highest BCUT2D eigenvalue weighted by Gasteiger charge is 2.35. The van der Waals surface area contributed by atoms with E-state index in [2.05, 4.69) is 5.32 Å². The molecule has 0 aromatic heterocycles. The Morgan fingerprint density at radius 1 is 0.946 bits per heavy atom. The molecule has 37 heavy (non-hydrogen) atoms. The molecule has 6 nitrogen and oxygen atoms in total. The van der Waals surface area contributed by atoms with Gasteiger partial charge in [0.25, 0.3) is 17.1 Å². The van der Waals surface area contributed by atoms with Gasteiger partial charge in [-0.2, -0.15) is 0 Å². The number of imide groups is 1. The molecule has 3 amide bonds. The van der Waals surface area contributed by atoms with E-state index in [0.29, 0.717) is 16.2 Å². The lowest BCUT2D eigenvalue weighted by atomic mass is 10.0. The standard InChI is InChI=1S/C30H24N2O4S/c1-20-8-2-5-15-26(20)31-28(33)19-36-24-13-6-9-21(16-24)17-27-29(34)32(30(35)37-27)18-23-12-7-11-22-10-3-4-14-25(22)23/h2-17H,18-19H2,1H3,(H,31,33)/b27-17-. The Balaban J connectivity index is 1.26. The summed E-state index contributed by atoms with van der Waals surface area (Å²) in [7, 11) is 0. The molecule has 1 aliphatic heterocycles. The number of hydrogen-bond acceptors (Lipinski definition) is 5. The van der Waals surface area contributed by atoms with Gasteiger partial charge in [0.2, 0.25) is 0 Å². The minimum atomic E-state index is -0.327. The number of hydrogen-bond donors (Lipinski definition) is 1. The number of amides is 3. The van der Waals surface area contributed by atoms with Gasteiger partial charge in [0.15, 0.2) is 6.61 Å². The SMILES string of the molecule is Cc1ccccc1NC(=O)COc1cccc(/C=C2\SC(=O)N(Cc3cccc4ccccc34)C2=O)c1. The number of rotatable bonds is 7. The lowest BCUT2D eigenvalue weighted by Gasteiger charge is -2.14. The molecule has 1 fully saturated rings. The number of aryl methyl sites for hydroxylation is 1. The first-order valence-corrected chi connectivity index (χ1v) is 12.6. The minimum absolute atomic E-state index is 0.153. The van der Waals surface area contributed by atoms with Crippen molar-refractivity contribution in [2.45, 2.75) is 13.5 Å². The van der Waals surface area contributed by atoms with Crippen molar-refractivity contribution in [3.05, 3.63) is 113 Å². The fourth-order valence-corrected chi connectivity index (χ4v) is 4.97. The number of ether oxygens (including phenoxy) is 1. The average molecular weight is 509 g/mol. The molecule has 0 saturated carbocycles. The summed E-state index contributed by atoms with van der Waals surface area (Å²) in [4.78, 5) is 39.7. The number of anilines is 1. The maximum atomic E-state index is 13.1. The predicted octanol–water partition coefficient (Wildman–Crippen LogP) is 6.40. The molecule has 184 valence electrons. The normalized spacial score (nSPS) is 14.4. The van der Waals surface area contributed by atoms with Crippen LogP contribution in [0.2, 0.25) is 0 Å². The van der Waals surface area contributed by atoms with Crippen LogP contribution >= 0.6 is 11.8 Å². The smallest absolute Gasteiger partial charge is 0.293 e. The zero-order valence-electron chi connectivity index (χ0n) is 20.1. The summed E-state index contributed by atoms with van der Waals surface area (Å²) < 4.78 is 5.66. The molecule has 4 aromatic rings. The zero-order chi connectivity index (χ0) is 25.8. The van der Waals surface area contributed by atoms with E-state index in [0.717, 1.165) is 39.3 Å². The molecule has 0 atom stereocenters. The fraction of sp³-hybridized carbons (Fsp3) is 0.100. The molecule has 0 aliphatic carbocycles. The number of benzene rings is 4. The highest BCUT2D eigenvalue weighted by molar-refractivity contribution is 8.18. The maximum absolute atomic E-state index is 13.1. The third kappa shape index (κ3) is 5.57. The van der Waals surface area contributed by atoms with Crippen LogP contribution in [0.15, 0.2) is 95.9 Å². The van der Waals surface area contributed by atoms with E-state index in [9.17, 15) is 14.4 Å². The Kier molecular flexibility index (Phi) is 7.05. The van der Waals surface area contributed by atoms with E-state index in [4.69, 9.17) is 4.74 Å². The maximum Gasteiger partial charge on any atom is 0.293 e. The molecule has 4 aromatic carbocycles. The molecule has 1 aliphatic rings. The summed E-state index contributed by atoms with van der Waals surface area (Å²) in [6.45, 7) is 1.98. The quantitative estimate of drug-likeness (QED) is 0.292. The number of nitrogens with zero attached hydrogens (tertiary/aromatic N) is 1. The molecule has 5 rings (SSSR count). The van der Waals surface area contributed by atoms with Crippen LogP contribution in [-0.4, -0.2) is 28.6 Å². The topological polar surface area (TPSA) is 75.7 Å². The monoisotopic (exact) mass is 508 g/mol. The summed E-state index contributed by atoms with van der Waals surface area (Å²) in [6.07, 6.45) is 1.67. The van der Waals surface area contributed by atoms with Crippen LogP contribution in [0.1, 0.15) is 16.7 Å². The zero-order valence-corrected chi connectivity index (χ0v) is 21.0. The van der Waals surface area contributed by atoms with E-state index in [1.54, 1.807) is 24.3 Å². The van der Waals surface area contributed by atoms with Crippen molar-refractivity contribution in [2.75, 3.05) is 11.9 Å². The lowest BCUT2D eigenvalue weighted by Crippen LogP contribution is -2.27. The van der Waals surface area contributed by atoms with Gasteiger partial charge in [0.05, 0.1) is 11.4 Å². The third-order valence-electron chi connectivity index (χ3n) is 6.03. The van der Waals surface area contributed by atoms with Crippen molar-refractivity contribution in [3.63, 3.8) is 0 Å². The number of thioether (sulfide) groups is 1. The van der Waals surface area contributed by atoms with Gasteiger partial charge in [0, 0.05) is 5.69 Å². The first-order valence-electron chi connectivity index (χ1n) is 11.8. The highest BCUT2D eigenvalue weighted by Crippen LogP contribution is 2.34. The van der Waals surface area contributed by atoms with Crippen LogP contribution < -0.4 is 10.1 Å². The Morgan fingerprint density at radius 2 is 1.70 bits per heavy atom. The molecular weight excluding hydrogens is 484 g/mol. The Hall–Kier alpha value is -4.36. The summed E-state index contributed by atoms with van der Waals surface area (Å²) in [5.41, 5.74) is 3.32. The predicted molar refractivity (Wildman–Crippen MR) is 147 cm³/mol. The first-order chi connectivity index (χ1) is 18.0. The van der Waals surface area contributed by atoms with E-state index < -0.39 is 0 Å². The molecule has 1 N–H and O–H groups in total. The van der Waals surface area contributed by atoms with Crippen LogP contribution in [-0.2, 0) is 16.1 Å². The lowest BCUT2D eigenvalue weighted by molar-refractivity contribution is -0.123. The molecule has 0 bridgehead atoms. The van der Waals surface area contributed by atoms with E-state index >= 15 is 0 Å². The van der Waals surface area contributed by atoms with Gasteiger partial charge in [-0.05, 0) is 70.4 Å². The van der Waals surface area contributed by atoms with Crippen molar-refractivity contribution < 1.29 is 19.1 Å². The van der Waals surface area contributed by atoms with Gasteiger partial charge in [-0.3, -0.25) is 19.3 Å². The summed E-state index contributed by atoms with van der Waals surface area (Å²) in [6, 6.07) is 28.4. The molecule has 0 unspecified atom stereocenters. The minimum Gasteiger partial charge on any atom is -0.484 e. The molecular formula is C30H24N2O4S. The van der Waals surface area contributed by atoms with Crippen molar-refractivity contribution in [3.8, 4) is 5.75 Å². The number of carbonyl (C=O) groups excluding carboxylic acids is 3. The summed E-state index contributed by atoms with van der Waals surface area (Å²) in [5.74, 6) is -0.107. The van der Waals surface area contributed by atoms with Crippen LogP contribution in [0.25, 0.3) is 16.8 Å². The first kappa shape index (κ1) is 24.3. The molecule has 1 heterocycles. The molecule has 7 heteroatoms. The number of fused-ring (bicyclic) bond motifs is 1. The Bertz CT molecular complexity index is 1540. The largest absolute Gasteiger partial charge is 0.484 e. The molecule has 0 spiro atoms. The van der Waals surface area contributed by atoms with Gasteiger partial charge in [-0.1, -0.05) is 72.8 Å². The molecule has 1 saturated heterocycles. The van der Waals surface area contributed by atoms with Gasteiger partial charge >= 0.3 is 0 Å². The second-order valence-electron chi connectivity index (χ2n) is 8.63. The average Bonchev–Trinajstić information content (AvgIpc) is 3.16. The van der Waals surface area contributed by atoms with Crippen molar-refractivity contribution in [1.82, 2.24) is 4.90 Å². The van der Waals surface area contributed by atoms with E-state index in [1.807, 2.05) is 79.7 Å². The molecule has 0 radical (unpaired) electrons. The van der Waals surface area contributed by atoms with E-state index in [1.165, 1.54) is 4.90 Å². The van der Waals surface area contributed by atoms with Gasteiger partial charge in [-0.15, -0.1) is 0 Å². The van der Waals surface area contributed by atoms with Gasteiger partial charge in [-0.25, -0.2) is 0 Å². The van der Waals surface area contributed by atoms with Gasteiger partial charge in [0.1, 0.15) is 5.75 Å². The van der Waals surface area contributed by atoms with E-state index in [-0.39, 0.29) is 30.2 Å². The Morgan fingerprint density at radius 3 is 2.57 bits per heavy atom. The number of para-hydroxylation sites is 1. The van der Waals surface area contributed by atoms with Crippen molar-refractivity contribution >= 4 is 51.4 Å². The Labute approximate surface area is 218 Å². The van der Waals surface area contributed by atoms with Gasteiger partial charge < -0.3 is 10.1 Å². The summed E-state index contributed by atoms with van der Waals surface area (Å²) in [5, 5.41) is 4.61. The number of carbonyl (C=O) groups is 3. The van der Waals surface area contributed by atoms with Crippen LogP contribution in [0.3, 0.4) is 0 Å². The van der Waals surface area contributed by atoms with Crippen LogP contribution in [0.4, 0.5) is 10.5 Å². The second-order valence-corrected chi connectivity index (χ2v) is 9.62. The third-order valence-corrected chi connectivity index (χ3v) is 6.93. The fourth-order valence-electron chi connectivity index (χ4n) is 4.13. The van der Waals surface area contributed by atoms with Crippen LogP contribution in [0.5, 0.6) is 5.75 Å². The van der Waals surface area contributed by atoms with Crippen molar-refractivity contribution in [1.29, 1.82) is 0 Å². The number of nitrogens with one attached hydrogen (secondary N) is 1. The van der Waals surface area contributed by atoms with Crippen LogP contribution in [0, 0.1) is 6.92 Å². The summed E-state index contributed by atoms with van der Waals surface area (Å²) >= 11 is 0.922. The van der Waals surface area contributed by atoms with Crippen molar-refractivity contribution in [2.24, 2.45) is 0 Å².